The van der Waals surface area contributed by atoms with Crippen molar-refractivity contribution in [1.29, 1.82) is 0 Å². The molecule has 6 aromatic carbocycles. The molecule has 216 valence electrons. The van der Waals surface area contributed by atoms with E-state index in [-0.39, 0.29) is 24.8 Å². The zero-order valence-electron chi connectivity index (χ0n) is 24.1. The maximum absolute atomic E-state index is 2.73. The van der Waals surface area contributed by atoms with Gasteiger partial charge in [-0.25, -0.2) is 0 Å². The standard InChI is InChI=1S/C40H32P2.2ClH/c1-7-19-33(20-8-1)39-31-42(37-27-15-5-16-28-37,38-29-17-6-18-30-38)40(34-21-9-2-10-22-34)32-41(39,35-23-11-3-12-24-35)36-25-13-4-14-26-36;;/h1-32H;2*1H/q+2;;/p-2. The molecule has 1 heterocycles. The Morgan fingerprint density at radius 3 is 0.682 bits per heavy atom. The van der Waals surface area contributed by atoms with Crippen LogP contribution in [0.1, 0.15) is 11.1 Å². The van der Waals surface area contributed by atoms with Gasteiger partial charge < -0.3 is 24.8 Å². The van der Waals surface area contributed by atoms with Crippen LogP contribution in [0.4, 0.5) is 0 Å². The monoisotopic (exact) mass is 644 g/mol. The van der Waals surface area contributed by atoms with E-state index in [0.29, 0.717) is 0 Å². The summed E-state index contributed by atoms with van der Waals surface area (Å²) in [5, 5.41) is 8.36. The topological polar surface area (TPSA) is 0 Å². The number of rotatable bonds is 6. The normalized spacial score (nSPS) is 14.6. The van der Waals surface area contributed by atoms with Gasteiger partial charge in [0.15, 0.2) is 10.6 Å². The predicted molar refractivity (Wildman–Crippen MR) is 187 cm³/mol. The van der Waals surface area contributed by atoms with Crippen LogP contribution < -0.4 is 46.0 Å². The largest absolute Gasteiger partial charge is 1.00 e. The van der Waals surface area contributed by atoms with Gasteiger partial charge in [0.25, 0.3) is 0 Å². The highest BCUT2D eigenvalue weighted by Gasteiger charge is 2.59. The van der Waals surface area contributed by atoms with Gasteiger partial charge in [0.05, 0.1) is 0 Å². The van der Waals surface area contributed by atoms with Crippen molar-refractivity contribution in [2.45, 2.75) is 0 Å². The molecule has 0 aromatic heterocycles. The van der Waals surface area contributed by atoms with Crippen LogP contribution in [-0.4, -0.2) is 0 Å². The fourth-order valence-electron chi connectivity index (χ4n) is 6.27. The van der Waals surface area contributed by atoms with E-state index in [2.05, 4.69) is 194 Å². The summed E-state index contributed by atoms with van der Waals surface area (Å²) >= 11 is 0. The lowest BCUT2D eigenvalue weighted by Gasteiger charge is -2.35. The minimum atomic E-state index is -2.24. The molecule has 0 atom stereocenters. The van der Waals surface area contributed by atoms with Crippen LogP contribution in [0, 0.1) is 0 Å². The van der Waals surface area contributed by atoms with Crippen molar-refractivity contribution >= 4 is 46.4 Å². The molecule has 0 aliphatic carbocycles. The smallest absolute Gasteiger partial charge is 0.152 e. The summed E-state index contributed by atoms with van der Waals surface area (Å²) in [6.07, 6.45) is 0. The van der Waals surface area contributed by atoms with Crippen molar-refractivity contribution in [3.8, 4) is 0 Å². The molecule has 0 amide bonds. The van der Waals surface area contributed by atoms with E-state index in [1.807, 2.05) is 0 Å². The molecule has 0 nitrogen and oxygen atoms in total. The van der Waals surface area contributed by atoms with E-state index in [1.165, 1.54) is 43.0 Å². The highest BCUT2D eigenvalue weighted by molar-refractivity contribution is 8.07. The van der Waals surface area contributed by atoms with Crippen LogP contribution in [0.2, 0.25) is 0 Å². The lowest BCUT2D eigenvalue weighted by molar-refractivity contribution is -0.001000. The zero-order chi connectivity index (χ0) is 28.2. The molecule has 1 aliphatic heterocycles. The molecule has 4 heteroatoms. The van der Waals surface area contributed by atoms with Gasteiger partial charge in [-0.1, -0.05) is 133 Å². The molecule has 0 bridgehead atoms. The van der Waals surface area contributed by atoms with Gasteiger partial charge >= 0.3 is 0 Å². The van der Waals surface area contributed by atoms with Gasteiger partial charge in [0.2, 0.25) is 0 Å². The third-order valence-electron chi connectivity index (χ3n) is 8.18. The molecule has 0 saturated heterocycles. The minimum absolute atomic E-state index is 0. The molecule has 0 fully saturated rings. The second-order valence-electron chi connectivity index (χ2n) is 10.5. The Morgan fingerprint density at radius 2 is 0.455 bits per heavy atom. The maximum Gasteiger partial charge on any atom is 0.152 e. The molecule has 1 aliphatic rings. The first-order valence-corrected chi connectivity index (χ1v) is 18.1. The van der Waals surface area contributed by atoms with Crippen LogP contribution in [-0.2, 0) is 0 Å². The highest BCUT2D eigenvalue weighted by Crippen LogP contribution is 2.82. The average Bonchev–Trinajstić information content (AvgIpc) is 3.10. The van der Waals surface area contributed by atoms with E-state index in [9.17, 15) is 0 Å². The summed E-state index contributed by atoms with van der Waals surface area (Å²) in [6.45, 7) is 0. The Balaban J connectivity index is 0.00000192. The van der Waals surface area contributed by atoms with E-state index in [1.54, 1.807) is 0 Å². The van der Waals surface area contributed by atoms with Gasteiger partial charge in [-0.3, -0.25) is 0 Å². The zero-order valence-corrected chi connectivity index (χ0v) is 27.4. The minimum Gasteiger partial charge on any atom is -1.00 e. The first kappa shape index (κ1) is 31.7. The van der Waals surface area contributed by atoms with Crippen LogP contribution in [0.15, 0.2) is 194 Å². The molecule has 0 radical (unpaired) electrons. The van der Waals surface area contributed by atoms with Crippen molar-refractivity contribution < 1.29 is 24.8 Å². The third kappa shape index (κ3) is 5.49. The molecule has 0 N–H and O–H groups in total. The Labute approximate surface area is 274 Å². The van der Waals surface area contributed by atoms with E-state index in [0.717, 1.165) is 0 Å². The van der Waals surface area contributed by atoms with Gasteiger partial charge in [-0.05, 0) is 48.5 Å². The average molecular weight is 646 g/mol. The van der Waals surface area contributed by atoms with Crippen molar-refractivity contribution in [2.75, 3.05) is 0 Å². The van der Waals surface area contributed by atoms with Crippen LogP contribution in [0.3, 0.4) is 0 Å². The van der Waals surface area contributed by atoms with E-state index in [4.69, 9.17) is 0 Å². The van der Waals surface area contributed by atoms with Crippen LogP contribution in [0.25, 0.3) is 10.6 Å². The van der Waals surface area contributed by atoms with Crippen LogP contribution >= 0.6 is 14.5 Å². The summed E-state index contributed by atoms with van der Waals surface area (Å²) in [7, 11) is -4.49. The molecule has 0 spiro atoms. The quantitative estimate of drug-likeness (QED) is 0.244. The molecule has 0 saturated carbocycles. The lowest BCUT2D eigenvalue weighted by atomic mass is 10.2. The number of halogens is 2. The summed E-state index contributed by atoms with van der Waals surface area (Å²) in [5.74, 6) is 5.45. The Hall–Kier alpha value is -3.76. The van der Waals surface area contributed by atoms with Crippen molar-refractivity contribution in [3.05, 3.63) is 205 Å². The van der Waals surface area contributed by atoms with Crippen molar-refractivity contribution in [3.63, 3.8) is 0 Å². The molecule has 44 heavy (non-hydrogen) atoms. The Morgan fingerprint density at radius 1 is 0.250 bits per heavy atom. The number of benzene rings is 6. The second kappa shape index (κ2) is 13.9. The summed E-state index contributed by atoms with van der Waals surface area (Å²) in [5.41, 5.74) is 2.58. The third-order valence-corrected chi connectivity index (χ3v) is 16.6. The second-order valence-corrected chi connectivity index (χ2v) is 17.0. The van der Waals surface area contributed by atoms with Crippen molar-refractivity contribution in [2.24, 2.45) is 0 Å². The van der Waals surface area contributed by atoms with Gasteiger partial charge in [0.1, 0.15) is 47.4 Å². The fraction of sp³-hybridized carbons (Fsp3) is 0. The van der Waals surface area contributed by atoms with Crippen LogP contribution in [0.5, 0.6) is 0 Å². The molecule has 7 rings (SSSR count). The Bertz CT molecular complexity index is 1620. The number of hydrogen-bond donors (Lipinski definition) is 0. The lowest BCUT2D eigenvalue weighted by Crippen LogP contribution is -3.00. The van der Waals surface area contributed by atoms with Gasteiger partial charge in [-0.15, -0.1) is 0 Å². The fourth-order valence-corrected chi connectivity index (χ4v) is 16.1. The van der Waals surface area contributed by atoms with E-state index < -0.39 is 14.5 Å². The number of hydrogen-bond acceptors (Lipinski definition) is 0. The predicted octanol–water partition coefficient (Wildman–Crippen LogP) is 3.34. The molecular weight excluding hydrogens is 613 g/mol. The first-order chi connectivity index (χ1) is 20.8. The molecule has 0 unspecified atom stereocenters. The first-order valence-electron chi connectivity index (χ1n) is 14.4. The van der Waals surface area contributed by atoms with Crippen molar-refractivity contribution in [1.82, 2.24) is 0 Å². The summed E-state index contributed by atoms with van der Waals surface area (Å²) in [6, 6.07) is 67.0. The SMILES string of the molecule is C1=C(c2ccccc2)[P+](c2ccccc2)(c2ccccc2)C=C(c2ccccc2)[P+]1(c1ccccc1)c1ccccc1.[Cl-].[Cl-]. The highest BCUT2D eigenvalue weighted by atomic mass is 35.5. The molecule has 6 aromatic rings. The Kier molecular flexibility index (Phi) is 10.0. The summed E-state index contributed by atoms with van der Waals surface area (Å²) < 4.78 is 0. The summed E-state index contributed by atoms with van der Waals surface area (Å²) in [4.78, 5) is 0. The molecular formula is C40H32Cl2P2. The van der Waals surface area contributed by atoms with E-state index >= 15 is 0 Å². The van der Waals surface area contributed by atoms with Gasteiger partial charge in [-0.2, -0.15) is 0 Å². The van der Waals surface area contributed by atoms with Gasteiger partial charge in [0, 0.05) is 11.1 Å². The maximum atomic E-state index is 2.73.